The van der Waals surface area contributed by atoms with Gasteiger partial charge in [0.25, 0.3) is 11.7 Å². The van der Waals surface area contributed by atoms with Crippen molar-refractivity contribution in [1.29, 1.82) is 0 Å². The average molecular weight is 474 g/mol. The van der Waals surface area contributed by atoms with Crippen LogP contribution in [0.2, 0.25) is 0 Å². The molecule has 35 heavy (non-hydrogen) atoms. The van der Waals surface area contributed by atoms with Crippen molar-refractivity contribution in [3.8, 4) is 5.75 Å². The van der Waals surface area contributed by atoms with E-state index >= 15 is 4.39 Å². The van der Waals surface area contributed by atoms with E-state index in [9.17, 15) is 14.7 Å². The fourth-order valence-corrected chi connectivity index (χ4v) is 4.50. The number of amides is 1. The Morgan fingerprint density at radius 1 is 1.06 bits per heavy atom. The molecule has 3 aromatic carbocycles. The summed E-state index contributed by atoms with van der Waals surface area (Å²) in [4.78, 5) is 27.9. The number of carbonyl (C=O) groups excluding carboxylic acids is 2. The molecule has 1 atom stereocenters. The van der Waals surface area contributed by atoms with E-state index in [2.05, 4.69) is 0 Å². The molecular formula is C29H28FNO4. The zero-order chi connectivity index (χ0) is 25.3. The number of benzene rings is 3. The number of hydrogen-bond acceptors (Lipinski definition) is 4. The molecule has 0 radical (unpaired) electrons. The van der Waals surface area contributed by atoms with Gasteiger partial charge in [0, 0.05) is 16.8 Å². The molecule has 0 bridgehead atoms. The van der Waals surface area contributed by atoms with Gasteiger partial charge in [-0.05, 0) is 61.2 Å². The number of ketones is 1. The van der Waals surface area contributed by atoms with Crippen molar-refractivity contribution in [2.45, 2.75) is 39.7 Å². The molecule has 0 aromatic heterocycles. The molecule has 0 spiro atoms. The van der Waals surface area contributed by atoms with Crippen LogP contribution < -0.4 is 9.64 Å². The molecular weight excluding hydrogens is 445 g/mol. The Kier molecular flexibility index (Phi) is 6.74. The second-order valence-corrected chi connectivity index (χ2v) is 8.82. The van der Waals surface area contributed by atoms with Gasteiger partial charge in [0.15, 0.2) is 0 Å². The van der Waals surface area contributed by atoms with Gasteiger partial charge < -0.3 is 9.84 Å². The van der Waals surface area contributed by atoms with Crippen LogP contribution in [0.1, 0.15) is 55.0 Å². The molecule has 1 amide bonds. The Morgan fingerprint density at radius 2 is 1.74 bits per heavy atom. The van der Waals surface area contributed by atoms with E-state index in [0.717, 1.165) is 11.1 Å². The first-order chi connectivity index (χ1) is 16.8. The number of nitrogens with zero attached hydrogens (tertiary/aromatic N) is 1. The van der Waals surface area contributed by atoms with Crippen LogP contribution in [-0.4, -0.2) is 23.4 Å². The number of aliphatic hydroxyl groups is 1. The van der Waals surface area contributed by atoms with E-state index in [1.54, 1.807) is 42.5 Å². The Balaban J connectivity index is 1.97. The Morgan fingerprint density at radius 3 is 2.40 bits per heavy atom. The number of anilines is 1. The highest BCUT2D eigenvalue weighted by molar-refractivity contribution is 6.51. The monoisotopic (exact) mass is 473 g/mol. The molecule has 1 aliphatic heterocycles. The average Bonchev–Trinajstić information content (AvgIpc) is 3.09. The lowest BCUT2D eigenvalue weighted by Gasteiger charge is -2.27. The van der Waals surface area contributed by atoms with Crippen molar-refractivity contribution in [3.63, 3.8) is 0 Å². The summed E-state index contributed by atoms with van der Waals surface area (Å²) in [5.74, 6) is -1.83. The maximum atomic E-state index is 15.1. The van der Waals surface area contributed by atoms with Crippen LogP contribution in [0, 0.1) is 12.7 Å². The summed E-state index contributed by atoms with van der Waals surface area (Å²) in [6.45, 7) is 8.18. The third-order valence-corrected chi connectivity index (χ3v) is 6.22. The summed E-state index contributed by atoms with van der Waals surface area (Å²) in [5.41, 5.74) is 2.43. The van der Waals surface area contributed by atoms with Gasteiger partial charge in [-0.25, -0.2) is 4.39 Å². The van der Waals surface area contributed by atoms with Gasteiger partial charge in [0.1, 0.15) is 17.3 Å². The fraction of sp³-hybridized carbons (Fsp3) is 0.241. The van der Waals surface area contributed by atoms with Gasteiger partial charge >= 0.3 is 0 Å². The highest BCUT2D eigenvalue weighted by atomic mass is 19.1. The highest BCUT2D eigenvalue weighted by Gasteiger charge is 2.48. The van der Waals surface area contributed by atoms with Gasteiger partial charge in [-0.2, -0.15) is 0 Å². The lowest BCUT2D eigenvalue weighted by Crippen LogP contribution is -2.30. The maximum absolute atomic E-state index is 15.1. The topological polar surface area (TPSA) is 66.8 Å². The standard InChI is InChI=1S/C29H28FNO4/c1-5-35-24-15-14-19(16-21(24)17(2)3)27(32)25-26(20-11-7-8-12-22(20)30)31(29(34)28(25)33)23-13-9-6-10-18(23)4/h6-17,26,32H,5H2,1-4H3/b27-25+. The zero-order valence-electron chi connectivity index (χ0n) is 20.2. The molecule has 1 heterocycles. The largest absolute Gasteiger partial charge is 0.507 e. The molecule has 5 nitrogen and oxygen atoms in total. The molecule has 180 valence electrons. The fourth-order valence-electron chi connectivity index (χ4n) is 4.50. The van der Waals surface area contributed by atoms with Crippen molar-refractivity contribution in [2.75, 3.05) is 11.5 Å². The van der Waals surface area contributed by atoms with Crippen molar-refractivity contribution in [1.82, 2.24) is 0 Å². The van der Waals surface area contributed by atoms with Gasteiger partial charge in [-0.3, -0.25) is 14.5 Å². The number of hydrogen-bond donors (Lipinski definition) is 1. The summed E-state index contributed by atoms with van der Waals surface area (Å²) in [6, 6.07) is 17.1. The third-order valence-electron chi connectivity index (χ3n) is 6.22. The highest BCUT2D eigenvalue weighted by Crippen LogP contribution is 2.44. The number of Topliss-reactive ketones (excluding diaryl/α,β-unsaturated/α-hetero) is 1. The molecule has 1 fully saturated rings. The summed E-state index contributed by atoms with van der Waals surface area (Å²) >= 11 is 0. The van der Waals surface area contributed by atoms with Gasteiger partial charge in [0.05, 0.1) is 18.2 Å². The van der Waals surface area contributed by atoms with Crippen molar-refractivity contribution < 1.29 is 23.8 Å². The van der Waals surface area contributed by atoms with Crippen LogP contribution in [0.3, 0.4) is 0 Å². The molecule has 0 aliphatic carbocycles. The van der Waals surface area contributed by atoms with E-state index in [0.29, 0.717) is 23.6 Å². The SMILES string of the molecule is CCOc1ccc(/C(O)=C2\C(=O)C(=O)N(c3ccccc3C)C2c2ccccc2F)cc1C(C)C. The number of para-hydroxylation sites is 1. The number of aryl methyl sites for hydroxylation is 1. The van der Waals surface area contributed by atoms with E-state index in [-0.39, 0.29) is 22.8 Å². The number of carbonyl (C=O) groups is 2. The number of rotatable bonds is 6. The predicted octanol–water partition coefficient (Wildman–Crippen LogP) is 6.28. The van der Waals surface area contributed by atoms with Gasteiger partial charge in [-0.15, -0.1) is 0 Å². The first-order valence-corrected chi connectivity index (χ1v) is 11.6. The molecule has 3 aromatic rings. The van der Waals surface area contributed by atoms with Crippen LogP contribution in [0.5, 0.6) is 5.75 Å². The Hall–Kier alpha value is -3.93. The van der Waals surface area contributed by atoms with E-state index < -0.39 is 23.5 Å². The molecule has 1 unspecified atom stereocenters. The van der Waals surface area contributed by atoms with Crippen LogP contribution in [0.15, 0.2) is 72.3 Å². The molecule has 6 heteroatoms. The van der Waals surface area contributed by atoms with Crippen LogP contribution in [0.4, 0.5) is 10.1 Å². The Bertz CT molecular complexity index is 1330. The first-order valence-electron chi connectivity index (χ1n) is 11.6. The molecule has 1 N–H and O–H groups in total. The predicted molar refractivity (Wildman–Crippen MR) is 134 cm³/mol. The number of ether oxygens (including phenoxy) is 1. The second-order valence-electron chi connectivity index (χ2n) is 8.82. The minimum absolute atomic E-state index is 0.0843. The van der Waals surface area contributed by atoms with Crippen LogP contribution in [-0.2, 0) is 9.59 Å². The lowest BCUT2D eigenvalue weighted by atomic mass is 9.92. The maximum Gasteiger partial charge on any atom is 0.300 e. The van der Waals surface area contributed by atoms with E-state index in [1.807, 2.05) is 39.8 Å². The van der Waals surface area contributed by atoms with Crippen molar-refractivity contribution in [2.24, 2.45) is 0 Å². The Labute approximate surface area is 204 Å². The number of halogens is 1. The lowest BCUT2D eigenvalue weighted by molar-refractivity contribution is -0.132. The van der Waals surface area contributed by atoms with Crippen molar-refractivity contribution >= 4 is 23.1 Å². The third kappa shape index (κ3) is 4.32. The molecule has 0 saturated carbocycles. The summed E-state index contributed by atoms with van der Waals surface area (Å²) < 4.78 is 20.8. The minimum atomic E-state index is -1.12. The minimum Gasteiger partial charge on any atom is -0.507 e. The second kappa shape index (κ2) is 9.74. The quantitative estimate of drug-likeness (QED) is 0.260. The summed E-state index contributed by atoms with van der Waals surface area (Å²) in [5, 5.41) is 11.4. The molecule has 4 rings (SSSR count). The van der Waals surface area contributed by atoms with Gasteiger partial charge in [0.2, 0.25) is 0 Å². The smallest absolute Gasteiger partial charge is 0.300 e. The molecule has 1 aliphatic rings. The normalized spacial score (nSPS) is 17.3. The first kappa shape index (κ1) is 24.2. The summed E-state index contributed by atoms with van der Waals surface area (Å²) in [7, 11) is 0. The number of aliphatic hydroxyl groups excluding tert-OH is 1. The van der Waals surface area contributed by atoms with Crippen molar-refractivity contribution in [3.05, 3.63) is 100 Å². The summed E-state index contributed by atoms with van der Waals surface area (Å²) in [6.07, 6.45) is 0. The van der Waals surface area contributed by atoms with Crippen LogP contribution >= 0.6 is 0 Å². The zero-order valence-corrected chi connectivity index (χ0v) is 20.2. The van der Waals surface area contributed by atoms with E-state index in [1.165, 1.54) is 17.0 Å². The van der Waals surface area contributed by atoms with Crippen LogP contribution in [0.25, 0.3) is 5.76 Å². The van der Waals surface area contributed by atoms with E-state index in [4.69, 9.17) is 4.74 Å². The molecule has 1 saturated heterocycles. The van der Waals surface area contributed by atoms with Gasteiger partial charge in [-0.1, -0.05) is 50.2 Å².